The largest absolute Gasteiger partial charge is 0.507 e. The number of nitrogens with zero attached hydrogens (tertiary/aromatic N) is 1. The van der Waals surface area contributed by atoms with E-state index in [9.17, 15) is 5.11 Å². The molecule has 0 unspecified atom stereocenters. The number of benzene rings is 3. The van der Waals surface area contributed by atoms with Crippen LogP contribution in [0.15, 0.2) is 83.9 Å². The van der Waals surface area contributed by atoms with Crippen molar-refractivity contribution in [2.45, 2.75) is 0 Å². The lowest BCUT2D eigenvalue weighted by Crippen LogP contribution is -1.88. The average molecular weight is 288 g/mol. The van der Waals surface area contributed by atoms with Crippen molar-refractivity contribution in [3.8, 4) is 5.75 Å². The molecule has 0 atom stereocenters. The molecule has 0 heterocycles. The predicted octanol–water partition coefficient (Wildman–Crippen LogP) is 4.89. The first kappa shape index (κ1) is 13.9. The zero-order valence-corrected chi connectivity index (χ0v) is 12.0. The maximum Gasteiger partial charge on any atom is 0.124 e. The fourth-order valence-corrected chi connectivity index (χ4v) is 2.06. The van der Waals surface area contributed by atoms with Crippen molar-refractivity contribution in [3.63, 3.8) is 0 Å². The number of phenols is 1. The third-order valence-electron chi connectivity index (χ3n) is 3.22. The molecule has 0 spiro atoms. The molecule has 0 amide bonds. The van der Waals surface area contributed by atoms with Gasteiger partial charge in [-0.2, -0.15) is 0 Å². The zero-order chi connectivity index (χ0) is 15.2. The highest BCUT2D eigenvalue weighted by Gasteiger charge is 1.96. The minimum Gasteiger partial charge on any atom is -0.507 e. The monoisotopic (exact) mass is 288 g/mol. The van der Waals surface area contributed by atoms with E-state index in [-0.39, 0.29) is 5.75 Å². The minimum absolute atomic E-state index is 0.230. The molecular formula is C19H16N2O. The molecule has 3 aromatic rings. The van der Waals surface area contributed by atoms with E-state index in [2.05, 4.69) is 10.3 Å². The standard InChI is InChI=1S/C19H16N2O/c22-19-9-5-4-6-15(19)14-20-16-10-12-18(13-11-16)21-17-7-2-1-3-8-17/h1-14,21-22H. The molecule has 0 aliphatic heterocycles. The SMILES string of the molecule is Oc1ccccc1C=Nc1ccc(Nc2ccccc2)cc1. The molecule has 0 saturated carbocycles. The van der Waals surface area contributed by atoms with Crippen molar-refractivity contribution in [2.24, 2.45) is 4.99 Å². The number of para-hydroxylation sites is 2. The van der Waals surface area contributed by atoms with Crippen molar-refractivity contribution >= 4 is 23.3 Å². The summed E-state index contributed by atoms with van der Waals surface area (Å²) in [4.78, 5) is 4.37. The summed E-state index contributed by atoms with van der Waals surface area (Å²) in [5.74, 6) is 0.230. The third-order valence-corrected chi connectivity index (χ3v) is 3.22. The predicted molar refractivity (Wildman–Crippen MR) is 91.5 cm³/mol. The van der Waals surface area contributed by atoms with E-state index < -0.39 is 0 Å². The molecule has 3 heteroatoms. The van der Waals surface area contributed by atoms with Gasteiger partial charge >= 0.3 is 0 Å². The highest BCUT2D eigenvalue weighted by molar-refractivity contribution is 5.85. The van der Waals surface area contributed by atoms with Gasteiger partial charge in [-0.25, -0.2) is 0 Å². The summed E-state index contributed by atoms with van der Waals surface area (Å²) in [6.07, 6.45) is 1.66. The van der Waals surface area contributed by atoms with E-state index in [0.29, 0.717) is 5.56 Å². The Bertz CT molecular complexity index is 765. The lowest BCUT2D eigenvalue weighted by Gasteiger charge is -2.06. The van der Waals surface area contributed by atoms with Crippen molar-refractivity contribution < 1.29 is 5.11 Å². The van der Waals surface area contributed by atoms with Crippen LogP contribution in [-0.4, -0.2) is 11.3 Å². The summed E-state index contributed by atoms with van der Waals surface area (Å²) in [5.41, 5.74) is 3.59. The summed E-state index contributed by atoms with van der Waals surface area (Å²) in [7, 11) is 0. The lowest BCUT2D eigenvalue weighted by atomic mass is 10.2. The van der Waals surface area contributed by atoms with E-state index in [1.165, 1.54) is 0 Å². The zero-order valence-electron chi connectivity index (χ0n) is 12.0. The van der Waals surface area contributed by atoms with Crippen molar-refractivity contribution in [1.82, 2.24) is 0 Å². The van der Waals surface area contributed by atoms with Crippen LogP contribution in [0.5, 0.6) is 5.75 Å². The number of anilines is 2. The fourth-order valence-electron chi connectivity index (χ4n) is 2.06. The van der Waals surface area contributed by atoms with Gasteiger partial charge in [-0.15, -0.1) is 0 Å². The average Bonchev–Trinajstić information content (AvgIpc) is 2.56. The topological polar surface area (TPSA) is 44.6 Å². The Morgan fingerprint density at radius 2 is 1.36 bits per heavy atom. The van der Waals surface area contributed by atoms with E-state index in [4.69, 9.17) is 0 Å². The Hall–Kier alpha value is -3.07. The molecule has 0 saturated heterocycles. The summed E-state index contributed by atoms with van der Waals surface area (Å²) in [6, 6.07) is 25.0. The van der Waals surface area contributed by atoms with Crippen LogP contribution in [0.4, 0.5) is 17.1 Å². The molecule has 0 aliphatic rings. The summed E-state index contributed by atoms with van der Waals surface area (Å²) >= 11 is 0. The molecule has 0 aromatic heterocycles. The Kier molecular flexibility index (Phi) is 4.16. The Morgan fingerprint density at radius 3 is 2.09 bits per heavy atom. The highest BCUT2D eigenvalue weighted by atomic mass is 16.3. The molecule has 0 radical (unpaired) electrons. The van der Waals surface area contributed by atoms with Gasteiger partial charge in [0.2, 0.25) is 0 Å². The van der Waals surface area contributed by atoms with Crippen molar-refractivity contribution in [3.05, 3.63) is 84.4 Å². The van der Waals surface area contributed by atoms with Crippen LogP contribution >= 0.6 is 0 Å². The van der Waals surface area contributed by atoms with Gasteiger partial charge in [0.25, 0.3) is 0 Å². The van der Waals surface area contributed by atoms with E-state index >= 15 is 0 Å². The summed E-state index contributed by atoms with van der Waals surface area (Å²) in [6.45, 7) is 0. The molecule has 0 bridgehead atoms. The molecule has 2 N–H and O–H groups in total. The molecule has 108 valence electrons. The van der Waals surface area contributed by atoms with E-state index in [0.717, 1.165) is 17.1 Å². The second kappa shape index (κ2) is 6.59. The number of hydrogen-bond acceptors (Lipinski definition) is 3. The van der Waals surface area contributed by atoms with Gasteiger partial charge in [-0.1, -0.05) is 30.3 Å². The highest BCUT2D eigenvalue weighted by Crippen LogP contribution is 2.21. The Morgan fingerprint density at radius 1 is 0.727 bits per heavy atom. The number of aliphatic imine (C=N–C) groups is 1. The van der Waals surface area contributed by atoms with Crippen molar-refractivity contribution in [2.75, 3.05) is 5.32 Å². The first-order valence-corrected chi connectivity index (χ1v) is 7.05. The van der Waals surface area contributed by atoms with Crippen LogP contribution in [0, 0.1) is 0 Å². The van der Waals surface area contributed by atoms with Gasteiger partial charge in [0.05, 0.1) is 5.69 Å². The molecule has 3 rings (SSSR count). The second-order valence-corrected chi connectivity index (χ2v) is 4.85. The third kappa shape index (κ3) is 3.52. The van der Waals surface area contributed by atoms with Gasteiger partial charge in [0.15, 0.2) is 0 Å². The lowest BCUT2D eigenvalue weighted by molar-refractivity contribution is 0.474. The number of rotatable bonds is 4. The molecule has 22 heavy (non-hydrogen) atoms. The van der Waals surface area contributed by atoms with Crippen molar-refractivity contribution in [1.29, 1.82) is 0 Å². The normalized spacial score (nSPS) is 10.7. The molecule has 3 nitrogen and oxygen atoms in total. The number of phenolic OH excluding ortho intramolecular Hbond substituents is 1. The van der Waals surface area contributed by atoms with Crippen LogP contribution in [0.3, 0.4) is 0 Å². The quantitative estimate of drug-likeness (QED) is 0.671. The van der Waals surface area contributed by atoms with Gasteiger partial charge in [0.1, 0.15) is 5.75 Å². The van der Waals surface area contributed by atoms with Crippen LogP contribution < -0.4 is 5.32 Å². The number of aromatic hydroxyl groups is 1. The maximum absolute atomic E-state index is 9.70. The van der Waals surface area contributed by atoms with Gasteiger partial charge in [-0.3, -0.25) is 4.99 Å². The van der Waals surface area contributed by atoms with Gasteiger partial charge in [-0.05, 0) is 48.5 Å². The smallest absolute Gasteiger partial charge is 0.124 e. The Balaban J connectivity index is 1.71. The number of hydrogen-bond donors (Lipinski definition) is 2. The minimum atomic E-state index is 0.230. The van der Waals surface area contributed by atoms with Crippen LogP contribution in [0.25, 0.3) is 0 Å². The van der Waals surface area contributed by atoms with Gasteiger partial charge < -0.3 is 10.4 Å². The molecule has 0 aliphatic carbocycles. The van der Waals surface area contributed by atoms with Crippen LogP contribution in [0.2, 0.25) is 0 Å². The fraction of sp³-hybridized carbons (Fsp3) is 0. The summed E-state index contributed by atoms with van der Waals surface area (Å²) in [5, 5.41) is 13.0. The van der Waals surface area contributed by atoms with Gasteiger partial charge in [0, 0.05) is 23.2 Å². The van der Waals surface area contributed by atoms with E-state index in [1.807, 2.05) is 66.7 Å². The summed E-state index contributed by atoms with van der Waals surface area (Å²) < 4.78 is 0. The first-order valence-electron chi connectivity index (χ1n) is 7.05. The Labute approximate surface area is 129 Å². The molecule has 3 aromatic carbocycles. The van der Waals surface area contributed by atoms with Crippen LogP contribution in [0.1, 0.15) is 5.56 Å². The number of nitrogens with one attached hydrogen (secondary N) is 1. The maximum atomic E-state index is 9.70. The molecule has 0 fully saturated rings. The van der Waals surface area contributed by atoms with Crippen LogP contribution in [-0.2, 0) is 0 Å². The first-order chi connectivity index (χ1) is 10.8. The second-order valence-electron chi connectivity index (χ2n) is 4.85. The molecular weight excluding hydrogens is 272 g/mol. The van der Waals surface area contributed by atoms with E-state index in [1.54, 1.807) is 18.3 Å².